The van der Waals surface area contributed by atoms with E-state index in [4.69, 9.17) is 28.3 Å². The van der Waals surface area contributed by atoms with Gasteiger partial charge >= 0.3 is 0 Å². The summed E-state index contributed by atoms with van der Waals surface area (Å²) in [5, 5.41) is 22.3. The molecule has 6 nitrogen and oxygen atoms in total. The molecule has 0 bridgehead atoms. The van der Waals surface area contributed by atoms with Crippen molar-refractivity contribution in [2.45, 2.75) is 6.10 Å². The van der Waals surface area contributed by atoms with Crippen LogP contribution in [0.2, 0.25) is 10.0 Å². The van der Waals surface area contributed by atoms with Crippen molar-refractivity contribution in [2.75, 3.05) is 6.54 Å². The Labute approximate surface area is 130 Å². The van der Waals surface area contributed by atoms with Crippen molar-refractivity contribution in [3.63, 3.8) is 0 Å². The zero-order chi connectivity index (χ0) is 15.4. The van der Waals surface area contributed by atoms with Crippen LogP contribution >= 0.6 is 23.2 Å². The van der Waals surface area contributed by atoms with Crippen molar-refractivity contribution in [3.05, 3.63) is 52.0 Å². The van der Waals surface area contributed by atoms with Crippen LogP contribution in [0.5, 0.6) is 5.75 Å². The molecule has 0 spiro atoms. The second-order valence-electron chi connectivity index (χ2n) is 4.16. The van der Waals surface area contributed by atoms with Crippen molar-refractivity contribution < 1.29 is 15.0 Å². The van der Waals surface area contributed by atoms with Gasteiger partial charge in [-0.15, -0.1) is 0 Å². The summed E-state index contributed by atoms with van der Waals surface area (Å²) < 4.78 is 0. The Kier molecular flexibility index (Phi) is 4.95. The number of nitrogens with zero attached hydrogens (tertiary/aromatic N) is 2. The molecule has 0 aliphatic heterocycles. The molecule has 1 amide bonds. The third-order valence-electron chi connectivity index (χ3n) is 2.62. The maximum Gasteiger partial charge on any atom is 0.289 e. The molecule has 1 aromatic heterocycles. The number of aliphatic hydroxyl groups is 1. The molecule has 1 heterocycles. The van der Waals surface area contributed by atoms with Crippen LogP contribution in [0, 0.1) is 0 Å². The zero-order valence-corrected chi connectivity index (χ0v) is 12.1. The van der Waals surface area contributed by atoms with Crippen molar-refractivity contribution in [2.24, 2.45) is 0 Å². The van der Waals surface area contributed by atoms with Gasteiger partial charge in [0.05, 0.1) is 18.5 Å². The number of halogens is 2. The van der Waals surface area contributed by atoms with Crippen molar-refractivity contribution in [3.8, 4) is 5.75 Å². The van der Waals surface area contributed by atoms with Gasteiger partial charge in [-0.1, -0.05) is 29.3 Å². The topological polar surface area (TPSA) is 95.3 Å². The molecule has 1 atom stereocenters. The Balaban J connectivity index is 1.98. The number of rotatable bonds is 4. The average molecular weight is 328 g/mol. The van der Waals surface area contributed by atoms with Gasteiger partial charge < -0.3 is 15.5 Å². The van der Waals surface area contributed by atoms with Crippen LogP contribution in [0.1, 0.15) is 22.3 Å². The average Bonchev–Trinajstić information content (AvgIpc) is 2.45. The lowest BCUT2D eigenvalue weighted by Crippen LogP contribution is -2.29. The van der Waals surface area contributed by atoms with Crippen LogP contribution in [0.15, 0.2) is 30.6 Å². The minimum absolute atomic E-state index is 0.0651. The minimum Gasteiger partial charge on any atom is -0.505 e. The fourth-order valence-corrected chi connectivity index (χ4v) is 2.12. The lowest BCUT2D eigenvalue weighted by Gasteiger charge is -2.13. The number of benzene rings is 1. The molecule has 2 aromatic rings. The van der Waals surface area contributed by atoms with E-state index in [1.54, 1.807) is 12.1 Å². The number of hydrogen-bond donors (Lipinski definition) is 3. The van der Waals surface area contributed by atoms with Gasteiger partial charge in [-0.2, -0.15) is 0 Å². The number of aromatic hydroxyl groups is 1. The van der Waals surface area contributed by atoms with E-state index in [0.29, 0.717) is 15.6 Å². The molecule has 0 aliphatic rings. The van der Waals surface area contributed by atoms with Gasteiger partial charge in [-0.3, -0.25) is 4.79 Å². The van der Waals surface area contributed by atoms with Gasteiger partial charge in [0.15, 0.2) is 5.75 Å². The minimum atomic E-state index is -0.990. The quantitative estimate of drug-likeness (QED) is 0.797. The highest BCUT2D eigenvalue weighted by Crippen LogP contribution is 2.25. The first-order valence-corrected chi connectivity index (χ1v) is 6.65. The van der Waals surface area contributed by atoms with E-state index in [1.165, 1.54) is 6.07 Å². The second-order valence-corrected chi connectivity index (χ2v) is 5.00. The summed E-state index contributed by atoms with van der Waals surface area (Å²) in [7, 11) is 0. The van der Waals surface area contributed by atoms with Crippen LogP contribution in [-0.4, -0.2) is 32.6 Å². The summed E-state index contributed by atoms with van der Waals surface area (Å²) in [6.07, 6.45) is 1.22. The molecule has 110 valence electrons. The molecule has 2 rings (SSSR count). The smallest absolute Gasteiger partial charge is 0.289 e. The van der Waals surface area contributed by atoms with Crippen LogP contribution in [0.3, 0.4) is 0 Å². The van der Waals surface area contributed by atoms with Crippen molar-refractivity contribution >= 4 is 29.1 Å². The molecular weight excluding hydrogens is 317 g/mol. The summed E-state index contributed by atoms with van der Waals surface area (Å²) in [5.74, 6) is -0.819. The monoisotopic (exact) mass is 327 g/mol. The summed E-state index contributed by atoms with van der Waals surface area (Å²) in [6, 6.07) is 4.68. The summed E-state index contributed by atoms with van der Waals surface area (Å²) in [5.41, 5.74) is 0.452. The highest BCUT2D eigenvalue weighted by molar-refractivity contribution is 6.35. The Bertz CT molecular complexity index is 650. The summed E-state index contributed by atoms with van der Waals surface area (Å²) in [4.78, 5) is 19.1. The number of amides is 1. The molecule has 0 saturated carbocycles. The molecule has 0 aliphatic carbocycles. The lowest BCUT2D eigenvalue weighted by atomic mass is 10.1. The molecule has 1 unspecified atom stereocenters. The van der Waals surface area contributed by atoms with E-state index >= 15 is 0 Å². The van der Waals surface area contributed by atoms with Gasteiger partial charge in [0.25, 0.3) is 5.91 Å². The van der Waals surface area contributed by atoms with Gasteiger partial charge in [0.1, 0.15) is 0 Å². The maximum absolute atomic E-state index is 11.7. The van der Waals surface area contributed by atoms with E-state index < -0.39 is 12.0 Å². The summed E-state index contributed by atoms with van der Waals surface area (Å²) >= 11 is 11.7. The highest BCUT2D eigenvalue weighted by atomic mass is 35.5. The third-order valence-corrected chi connectivity index (χ3v) is 3.18. The van der Waals surface area contributed by atoms with E-state index in [9.17, 15) is 9.90 Å². The molecule has 21 heavy (non-hydrogen) atoms. The van der Waals surface area contributed by atoms with Crippen molar-refractivity contribution in [1.29, 1.82) is 0 Å². The molecule has 0 fully saturated rings. The van der Waals surface area contributed by atoms with E-state index in [2.05, 4.69) is 15.3 Å². The zero-order valence-electron chi connectivity index (χ0n) is 10.6. The van der Waals surface area contributed by atoms with E-state index in [-0.39, 0.29) is 18.1 Å². The van der Waals surface area contributed by atoms with Crippen LogP contribution in [-0.2, 0) is 0 Å². The second kappa shape index (κ2) is 6.71. The Morgan fingerprint density at radius 1 is 1.29 bits per heavy atom. The SMILES string of the molecule is O=C(NCC(O)c1ccc(Cl)cc1Cl)c1ncc(O)cn1. The first kappa shape index (κ1) is 15.5. The molecule has 0 radical (unpaired) electrons. The van der Waals surface area contributed by atoms with E-state index in [0.717, 1.165) is 12.4 Å². The fourth-order valence-electron chi connectivity index (χ4n) is 1.59. The van der Waals surface area contributed by atoms with E-state index in [1.807, 2.05) is 0 Å². The lowest BCUT2D eigenvalue weighted by molar-refractivity contribution is 0.0906. The molecule has 0 saturated heterocycles. The number of carbonyl (C=O) groups is 1. The Morgan fingerprint density at radius 3 is 2.57 bits per heavy atom. The number of nitrogens with one attached hydrogen (secondary N) is 1. The fraction of sp³-hybridized carbons (Fsp3) is 0.154. The summed E-state index contributed by atoms with van der Waals surface area (Å²) in [6.45, 7) is -0.0651. The third kappa shape index (κ3) is 4.04. The molecule has 3 N–H and O–H groups in total. The standard InChI is InChI=1S/C13H11Cl2N3O3/c14-7-1-2-9(10(15)3-7)11(20)6-18-13(21)12-16-4-8(19)5-17-12/h1-5,11,19-20H,6H2,(H,18,21). The first-order valence-electron chi connectivity index (χ1n) is 5.89. The predicted octanol–water partition coefficient (Wildman–Crippen LogP) is 1.95. The van der Waals surface area contributed by atoms with Gasteiger partial charge in [0, 0.05) is 22.2 Å². The largest absolute Gasteiger partial charge is 0.505 e. The Hall–Kier alpha value is -1.89. The van der Waals surface area contributed by atoms with Crippen LogP contribution in [0.25, 0.3) is 0 Å². The van der Waals surface area contributed by atoms with Gasteiger partial charge in [0.2, 0.25) is 5.82 Å². The number of carbonyl (C=O) groups excluding carboxylic acids is 1. The normalized spacial score (nSPS) is 12.0. The Morgan fingerprint density at radius 2 is 1.95 bits per heavy atom. The van der Waals surface area contributed by atoms with Gasteiger partial charge in [-0.25, -0.2) is 9.97 Å². The molecule has 1 aromatic carbocycles. The number of aliphatic hydroxyl groups excluding tert-OH is 1. The van der Waals surface area contributed by atoms with Crippen molar-refractivity contribution in [1.82, 2.24) is 15.3 Å². The maximum atomic E-state index is 11.7. The van der Waals surface area contributed by atoms with Gasteiger partial charge in [-0.05, 0) is 12.1 Å². The molecule has 8 heteroatoms. The molecular formula is C13H11Cl2N3O3. The number of hydrogen-bond acceptors (Lipinski definition) is 5. The van der Waals surface area contributed by atoms with Crippen LogP contribution < -0.4 is 5.32 Å². The number of aromatic nitrogens is 2. The highest BCUT2D eigenvalue weighted by Gasteiger charge is 2.15. The van der Waals surface area contributed by atoms with Crippen LogP contribution in [0.4, 0.5) is 0 Å². The first-order chi connectivity index (χ1) is 9.97. The predicted molar refractivity (Wildman–Crippen MR) is 77.5 cm³/mol.